The molecule has 2 rings (SSSR count). The number of hydrogen-bond acceptors (Lipinski definition) is 4. The lowest BCUT2D eigenvalue weighted by Gasteiger charge is -2.02. The summed E-state index contributed by atoms with van der Waals surface area (Å²) in [5.41, 5.74) is 0.939. The predicted octanol–water partition coefficient (Wildman–Crippen LogP) is 2.81. The number of nitrogens with zero attached hydrogens (tertiary/aromatic N) is 2. The molecule has 0 amide bonds. The monoisotopic (exact) mass is 247 g/mol. The van der Waals surface area contributed by atoms with Gasteiger partial charge in [0.15, 0.2) is 5.13 Å². The zero-order chi connectivity index (χ0) is 12.1. The van der Waals surface area contributed by atoms with Crippen molar-refractivity contribution in [3.63, 3.8) is 0 Å². The van der Waals surface area contributed by atoms with Crippen LogP contribution < -0.4 is 5.32 Å². The first-order valence-corrected chi connectivity index (χ1v) is 5.94. The highest BCUT2D eigenvalue weighted by molar-refractivity contribution is 7.16. The second kappa shape index (κ2) is 5.41. The summed E-state index contributed by atoms with van der Waals surface area (Å²) in [5.74, 6) is -0.219. The number of halogens is 1. The molecule has 5 heteroatoms. The van der Waals surface area contributed by atoms with Crippen molar-refractivity contribution in [2.24, 2.45) is 0 Å². The normalized spacial score (nSPS) is 9.88. The van der Waals surface area contributed by atoms with Crippen molar-refractivity contribution in [3.05, 3.63) is 46.7 Å². The largest absolute Gasteiger partial charge is 0.361 e. The highest BCUT2D eigenvalue weighted by atomic mass is 32.1. The van der Waals surface area contributed by atoms with Gasteiger partial charge < -0.3 is 5.32 Å². The minimum atomic E-state index is -0.219. The molecule has 1 heterocycles. The maximum Gasteiger partial charge on any atom is 0.183 e. The highest BCUT2D eigenvalue weighted by Crippen LogP contribution is 2.16. The number of thiazole rings is 1. The molecule has 0 fully saturated rings. The first-order chi connectivity index (χ1) is 8.28. The summed E-state index contributed by atoms with van der Waals surface area (Å²) < 4.78 is 12.9. The van der Waals surface area contributed by atoms with Crippen LogP contribution in [0.5, 0.6) is 0 Å². The summed E-state index contributed by atoms with van der Waals surface area (Å²) in [4.78, 5) is 4.63. The molecule has 0 bridgehead atoms. The summed E-state index contributed by atoms with van der Waals surface area (Å²) in [6.07, 6.45) is 2.26. The predicted molar refractivity (Wildman–Crippen MR) is 65.4 cm³/mol. The van der Waals surface area contributed by atoms with Crippen LogP contribution in [0.15, 0.2) is 30.5 Å². The van der Waals surface area contributed by atoms with Gasteiger partial charge in [-0.1, -0.05) is 23.5 Å². The van der Waals surface area contributed by atoms with Crippen LogP contribution in [0.1, 0.15) is 10.4 Å². The summed E-state index contributed by atoms with van der Waals surface area (Å²) in [6, 6.07) is 8.55. The minimum Gasteiger partial charge on any atom is -0.361 e. The maximum absolute atomic E-state index is 12.9. The molecule has 0 atom stereocenters. The third-order valence-corrected chi connectivity index (χ3v) is 3.05. The second-order valence-corrected chi connectivity index (χ2v) is 4.48. The van der Waals surface area contributed by atoms with Gasteiger partial charge in [-0.3, -0.25) is 0 Å². The van der Waals surface area contributed by atoms with Crippen LogP contribution in [0.2, 0.25) is 0 Å². The zero-order valence-corrected chi connectivity index (χ0v) is 9.80. The smallest absolute Gasteiger partial charge is 0.183 e. The Kier molecular flexibility index (Phi) is 3.68. The molecule has 0 saturated heterocycles. The summed E-state index contributed by atoms with van der Waals surface area (Å²) >= 11 is 1.31. The fourth-order valence-electron chi connectivity index (χ4n) is 1.41. The average Bonchev–Trinajstić information content (AvgIpc) is 2.77. The van der Waals surface area contributed by atoms with E-state index >= 15 is 0 Å². The van der Waals surface area contributed by atoms with E-state index in [1.807, 2.05) is 12.1 Å². The quantitative estimate of drug-likeness (QED) is 0.903. The Bertz CT molecular complexity index is 545. The van der Waals surface area contributed by atoms with Gasteiger partial charge in [0.1, 0.15) is 16.8 Å². The third-order valence-electron chi connectivity index (χ3n) is 2.19. The average molecular weight is 247 g/mol. The van der Waals surface area contributed by atoms with Crippen molar-refractivity contribution in [3.8, 4) is 6.07 Å². The molecule has 0 spiro atoms. The topological polar surface area (TPSA) is 48.7 Å². The van der Waals surface area contributed by atoms with Crippen LogP contribution in [0.3, 0.4) is 0 Å². The van der Waals surface area contributed by atoms with Gasteiger partial charge in [-0.05, 0) is 24.1 Å². The lowest BCUT2D eigenvalue weighted by atomic mass is 10.1. The van der Waals surface area contributed by atoms with E-state index in [0.717, 1.165) is 17.1 Å². The lowest BCUT2D eigenvalue weighted by Crippen LogP contribution is -2.04. The molecular formula is C12H10FN3S. The number of rotatable bonds is 4. The maximum atomic E-state index is 12.9. The highest BCUT2D eigenvalue weighted by Gasteiger charge is 2.00. The Hall–Kier alpha value is -1.93. The molecule has 17 heavy (non-hydrogen) atoms. The molecule has 0 saturated carbocycles. The van der Waals surface area contributed by atoms with Crippen molar-refractivity contribution in [1.82, 2.24) is 4.98 Å². The fraction of sp³-hybridized carbons (Fsp3) is 0.167. The van der Waals surface area contributed by atoms with Crippen molar-refractivity contribution in [2.75, 3.05) is 11.9 Å². The number of nitrogens with one attached hydrogen (secondary N) is 1. The Morgan fingerprint density at radius 1 is 1.47 bits per heavy atom. The summed E-state index contributed by atoms with van der Waals surface area (Å²) in [7, 11) is 0. The van der Waals surface area contributed by atoms with Gasteiger partial charge in [0.2, 0.25) is 0 Å². The van der Waals surface area contributed by atoms with E-state index in [1.165, 1.54) is 29.7 Å². The Morgan fingerprint density at radius 3 is 3.06 bits per heavy atom. The van der Waals surface area contributed by atoms with Gasteiger partial charge >= 0.3 is 0 Å². The molecular weight excluding hydrogens is 237 g/mol. The SMILES string of the molecule is N#Cc1cnc(NCCc2cccc(F)c2)s1. The van der Waals surface area contributed by atoms with E-state index in [0.29, 0.717) is 11.4 Å². The molecule has 0 aliphatic carbocycles. The molecule has 86 valence electrons. The minimum absolute atomic E-state index is 0.219. The van der Waals surface area contributed by atoms with Crippen LogP contribution >= 0.6 is 11.3 Å². The van der Waals surface area contributed by atoms with Gasteiger partial charge in [-0.2, -0.15) is 5.26 Å². The van der Waals surface area contributed by atoms with E-state index < -0.39 is 0 Å². The molecule has 0 unspecified atom stereocenters. The van der Waals surface area contributed by atoms with Gasteiger partial charge in [-0.25, -0.2) is 9.37 Å². The number of anilines is 1. The third kappa shape index (κ3) is 3.26. The molecule has 3 nitrogen and oxygen atoms in total. The number of nitriles is 1. The molecule has 0 aliphatic heterocycles. The lowest BCUT2D eigenvalue weighted by molar-refractivity contribution is 0.625. The molecule has 0 aliphatic rings. The van der Waals surface area contributed by atoms with E-state index in [1.54, 1.807) is 6.07 Å². The van der Waals surface area contributed by atoms with Gasteiger partial charge in [-0.15, -0.1) is 0 Å². The molecule has 1 aromatic carbocycles. The molecule has 2 aromatic rings. The molecule has 0 radical (unpaired) electrons. The number of hydrogen-bond donors (Lipinski definition) is 1. The van der Waals surface area contributed by atoms with Crippen LogP contribution in [0.4, 0.5) is 9.52 Å². The van der Waals surface area contributed by atoms with Gasteiger partial charge in [0.25, 0.3) is 0 Å². The van der Waals surface area contributed by atoms with E-state index in [-0.39, 0.29) is 5.82 Å². The van der Waals surface area contributed by atoms with E-state index in [9.17, 15) is 4.39 Å². The van der Waals surface area contributed by atoms with Gasteiger partial charge in [0.05, 0.1) is 6.20 Å². The Balaban J connectivity index is 1.85. The first-order valence-electron chi connectivity index (χ1n) is 5.12. The Labute approximate surface area is 103 Å². The number of benzene rings is 1. The van der Waals surface area contributed by atoms with Gasteiger partial charge in [0, 0.05) is 6.54 Å². The van der Waals surface area contributed by atoms with Crippen LogP contribution in [-0.2, 0) is 6.42 Å². The van der Waals surface area contributed by atoms with Crippen molar-refractivity contribution in [1.29, 1.82) is 5.26 Å². The molecule has 1 aromatic heterocycles. The van der Waals surface area contributed by atoms with Crippen LogP contribution in [0, 0.1) is 17.1 Å². The standard InChI is InChI=1S/C12H10FN3S/c13-10-3-1-2-9(6-10)4-5-15-12-16-8-11(7-14)17-12/h1-3,6,8H,4-5H2,(H,15,16). The van der Waals surface area contributed by atoms with Crippen LogP contribution in [0.25, 0.3) is 0 Å². The first kappa shape index (κ1) is 11.6. The van der Waals surface area contributed by atoms with Crippen molar-refractivity contribution < 1.29 is 4.39 Å². The number of aromatic nitrogens is 1. The molecule has 1 N–H and O–H groups in total. The van der Waals surface area contributed by atoms with Crippen LogP contribution in [-0.4, -0.2) is 11.5 Å². The fourth-order valence-corrected chi connectivity index (χ4v) is 2.05. The second-order valence-electron chi connectivity index (χ2n) is 3.45. The Morgan fingerprint density at radius 2 is 2.35 bits per heavy atom. The van der Waals surface area contributed by atoms with Crippen molar-refractivity contribution >= 4 is 16.5 Å². The summed E-state index contributed by atoms with van der Waals surface area (Å²) in [6.45, 7) is 0.668. The van der Waals surface area contributed by atoms with E-state index in [2.05, 4.69) is 10.3 Å². The van der Waals surface area contributed by atoms with E-state index in [4.69, 9.17) is 5.26 Å². The summed E-state index contributed by atoms with van der Waals surface area (Å²) in [5, 5.41) is 12.5. The zero-order valence-electron chi connectivity index (χ0n) is 8.98. The van der Waals surface area contributed by atoms with Crippen molar-refractivity contribution in [2.45, 2.75) is 6.42 Å².